The van der Waals surface area contributed by atoms with Gasteiger partial charge in [-0.15, -0.1) is 0 Å². The molecule has 2 rings (SSSR count). The number of aryl methyl sites for hydroxylation is 1. The van der Waals surface area contributed by atoms with Crippen molar-refractivity contribution in [1.82, 2.24) is 0 Å². The van der Waals surface area contributed by atoms with Crippen LogP contribution in [0.4, 0.5) is 0 Å². The first-order valence-corrected chi connectivity index (χ1v) is 6.88. The van der Waals surface area contributed by atoms with Crippen molar-refractivity contribution >= 4 is 5.97 Å². The molecule has 0 aliphatic rings. The molecule has 1 N–H and O–H groups in total. The third-order valence-electron chi connectivity index (χ3n) is 3.84. The van der Waals surface area contributed by atoms with Gasteiger partial charge in [0.1, 0.15) is 0 Å². The van der Waals surface area contributed by atoms with E-state index in [1.54, 1.807) is 13.8 Å². The molecule has 2 heteroatoms. The number of carboxylic acids is 1. The van der Waals surface area contributed by atoms with Crippen LogP contribution in [0.3, 0.4) is 0 Å². The van der Waals surface area contributed by atoms with Crippen molar-refractivity contribution in [3.8, 4) is 11.1 Å². The molecule has 0 fully saturated rings. The van der Waals surface area contributed by atoms with Gasteiger partial charge in [-0.05, 0) is 42.5 Å². The second-order valence-corrected chi connectivity index (χ2v) is 5.56. The summed E-state index contributed by atoms with van der Waals surface area (Å²) in [5, 5.41) is 9.24. The van der Waals surface area contributed by atoms with Crippen molar-refractivity contribution < 1.29 is 9.90 Å². The zero-order valence-corrected chi connectivity index (χ0v) is 12.2. The van der Waals surface area contributed by atoms with E-state index in [4.69, 9.17) is 0 Å². The number of rotatable bonds is 4. The Morgan fingerprint density at radius 2 is 1.40 bits per heavy atom. The normalized spacial score (nSPS) is 11.3. The van der Waals surface area contributed by atoms with Crippen molar-refractivity contribution in [2.75, 3.05) is 0 Å². The summed E-state index contributed by atoms with van der Waals surface area (Å²) in [5.74, 6) is -0.808. The fraction of sp³-hybridized carbons (Fsp3) is 0.278. The van der Waals surface area contributed by atoms with Gasteiger partial charge >= 0.3 is 5.97 Å². The average Bonchev–Trinajstić information content (AvgIpc) is 2.47. The van der Waals surface area contributed by atoms with Crippen LogP contribution in [-0.2, 0) is 16.6 Å². The van der Waals surface area contributed by atoms with Gasteiger partial charge in [-0.3, -0.25) is 4.79 Å². The van der Waals surface area contributed by atoms with E-state index in [2.05, 4.69) is 31.2 Å². The summed E-state index contributed by atoms with van der Waals surface area (Å²) in [6.07, 6.45) is 1.03. The largest absolute Gasteiger partial charge is 0.481 e. The van der Waals surface area contributed by atoms with Gasteiger partial charge in [-0.25, -0.2) is 0 Å². The van der Waals surface area contributed by atoms with E-state index in [0.29, 0.717) is 0 Å². The van der Waals surface area contributed by atoms with Gasteiger partial charge in [-0.1, -0.05) is 55.5 Å². The van der Waals surface area contributed by atoms with Crippen LogP contribution in [0.1, 0.15) is 31.9 Å². The van der Waals surface area contributed by atoms with E-state index in [1.165, 1.54) is 5.56 Å². The van der Waals surface area contributed by atoms with Crippen molar-refractivity contribution in [2.24, 2.45) is 0 Å². The second kappa shape index (κ2) is 5.49. The molecule has 0 aliphatic heterocycles. The first kappa shape index (κ1) is 14.3. The smallest absolute Gasteiger partial charge is 0.313 e. The van der Waals surface area contributed by atoms with E-state index < -0.39 is 11.4 Å². The highest BCUT2D eigenvalue weighted by Gasteiger charge is 2.29. The predicted octanol–water partition coefficient (Wildman–Crippen LogP) is 4.28. The van der Waals surface area contributed by atoms with Gasteiger partial charge in [0.15, 0.2) is 0 Å². The lowest BCUT2D eigenvalue weighted by Gasteiger charge is -2.19. The standard InChI is InChI=1S/C18H20O2/c1-4-13-5-7-14(8-6-13)15-9-11-16(12-10-15)18(2,3)17(19)20/h5-12H,4H2,1-3H3,(H,19,20). The van der Waals surface area contributed by atoms with E-state index in [9.17, 15) is 9.90 Å². The Labute approximate surface area is 120 Å². The fourth-order valence-electron chi connectivity index (χ4n) is 2.14. The van der Waals surface area contributed by atoms with E-state index in [0.717, 1.165) is 23.1 Å². The molecule has 0 saturated heterocycles. The van der Waals surface area contributed by atoms with Crippen molar-refractivity contribution in [2.45, 2.75) is 32.6 Å². The Hall–Kier alpha value is -2.09. The molecule has 20 heavy (non-hydrogen) atoms. The number of hydrogen-bond acceptors (Lipinski definition) is 1. The zero-order valence-electron chi connectivity index (χ0n) is 12.2. The van der Waals surface area contributed by atoms with Crippen molar-refractivity contribution in [3.63, 3.8) is 0 Å². The first-order valence-electron chi connectivity index (χ1n) is 6.88. The Bertz CT molecular complexity index is 592. The predicted molar refractivity (Wildman–Crippen MR) is 81.9 cm³/mol. The number of benzene rings is 2. The summed E-state index contributed by atoms with van der Waals surface area (Å²) in [6, 6.07) is 16.2. The maximum Gasteiger partial charge on any atom is 0.313 e. The maximum absolute atomic E-state index is 11.2. The number of carbonyl (C=O) groups is 1. The summed E-state index contributed by atoms with van der Waals surface area (Å²) >= 11 is 0. The van der Waals surface area contributed by atoms with E-state index in [-0.39, 0.29) is 0 Å². The lowest BCUT2D eigenvalue weighted by molar-refractivity contribution is -0.142. The van der Waals surface area contributed by atoms with Crippen LogP contribution in [0.5, 0.6) is 0 Å². The Balaban J connectivity index is 2.30. The molecule has 104 valence electrons. The molecular weight excluding hydrogens is 248 g/mol. The van der Waals surface area contributed by atoms with E-state index in [1.807, 2.05) is 24.3 Å². The third kappa shape index (κ3) is 2.74. The Morgan fingerprint density at radius 3 is 1.80 bits per heavy atom. The second-order valence-electron chi connectivity index (χ2n) is 5.56. The number of aliphatic carboxylic acids is 1. The molecule has 2 aromatic carbocycles. The summed E-state index contributed by atoms with van der Waals surface area (Å²) in [4.78, 5) is 11.2. The van der Waals surface area contributed by atoms with Gasteiger partial charge in [0.05, 0.1) is 5.41 Å². The minimum atomic E-state index is -0.857. The number of hydrogen-bond donors (Lipinski definition) is 1. The van der Waals surface area contributed by atoms with Crippen LogP contribution in [0.25, 0.3) is 11.1 Å². The summed E-state index contributed by atoms with van der Waals surface area (Å²) in [6.45, 7) is 5.58. The number of carboxylic acid groups (broad SMARTS) is 1. The zero-order chi connectivity index (χ0) is 14.8. The Morgan fingerprint density at radius 1 is 0.950 bits per heavy atom. The first-order chi connectivity index (χ1) is 9.45. The lowest BCUT2D eigenvalue weighted by Crippen LogP contribution is -2.28. The van der Waals surface area contributed by atoms with Crippen LogP contribution in [0, 0.1) is 0 Å². The van der Waals surface area contributed by atoms with Gasteiger partial charge in [0.2, 0.25) is 0 Å². The SMILES string of the molecule is CCc1ccc(-c2ccc(C(C)(C)C(=O)O)cc2)cc1. The highest BCUT2D eigenvalue weighted by molar-refractivity contribution is 5.80. The molecule has 0 bridgehead atoms. The monoisotopic (exact) mass is 268 g/mol. The Kier molecular flexibility index (Phi) is 3.93. The minimum Gasteiger partial charge on any atom is -0.481 e. The quantitative estimate of drug-likeness (QED) is 0.898. The lowest BCUT2D eigenvalue weighted by atomic mass is 9.84. The summed E-state index contributed by atoms with van der Waals surface area (Å²) in [5.41, 5.74) is 3.54. The van der Waals surface area contributed by atoms with Gasteiger partial charge in [-0.2, -0.15) is 0 Å². The molecule has 0 radical (unpaired) electrons. The van der Waals surface area contributed by atoms with Crippen LogP contribution in [0.2, 0.25) is 0 Å². The van der Waals surface area contributed by atoms with Crippen molar-refractivity contribution in [1.29, 1.82) is 0 Å². The molecule has 0 unspecified atom stereocenters. The maximum atomic E-state index is 11.2. The third-order valence-corrected chi connectivity index (χ3v) is 3.84. The van der Waals surface area contributed by atoms with Gasteiger partial charge < -0.3 is 5.11 Å². The van der Waals surface area contributed by atoms with Crippen LogP contribution < -0.4 is 0 Å². The molecule has 2 nitrogen and oxygen atoms in total. The highest BCUT2D eigenvalue weighted by Crippen LogP contribution is 2.27. The van der Waals surface area contributed by atoms with E-state index >= 15 is 0 Å². The highest BCUT2D eigenvalue weighted by atomic mass is 16.4. The van der Waals surface area contributed by atoms with Crippen LogP contribution in [0.15, 0.2) is 48.5 Å². The van der Waals surface area contributed by atoms with Crippen LogP contribution >= 0.6 is 0 Å². The van der Waals surface area contributed by atoms with Gasteiger partial charge in [0.25, 0.3) is 0 Å². The molecule has 0 aromatic heterocycles. The summed E-state index contributed by atoms with van der Waals surface area (Å²) < 4.78 is 0. The van der Waals surface area contributed by atoms with Crippen LogP contribution in [-0.4, -0.2) is 11.1 Å². The molecule has 0 saturated carbocycles. The molecule has 0 aliphatic carbocycles. The van der Waals surface area contributed by atoms with Crippen molar-refractivity contribution in [3.05, 3.63) is 59.7 Å². The average molecular weight is 268 g/mol. The topological polar surface area (TPSA) is 37.3 Å². The molecule has 0 amide bonds. The molecule has 0 atom stereocenters. The van der Waals surface area contributed by atoms with Gasteiger partial charge in [0, 0.05) is 0 Å². The molecule has 2 aromatic rings. The fourth-order valence-corrected chi connectivity index (χ4v) is 2.14. The molecule has 0 spiro atoms. The summed E-state index contributed by atoms with van der Waals surface area (Å²) in [7, 11) is 0. The molecule has 0 heterocycles. The molecular formula is C18H20O2. The minimum absolute atomic E-state index is 0.808.